The molecule has 1 atom stereocenters. The van der Waals surface area contributed by atoms with Gasteiger partial charge in [-0.15, -0.1) is 0 Å². The maximum absolute atomic E-state index is 14.0. The molecule has 0 saturated carbocycles. The minimum atomic E-state index is -0.511. The lowest BCUT2D eigenvalue weighted by molar-refractivity contribution is -0.0615. The van der Waals surface area contributed by atoms with Crippen LogP contribution in [0.4, 0.5) is 10.1 Å². The van der Waals surface area contributed by atoms with E-state index in [4.69, 9.17) is 10.5 Å². The predicted molar refractivity (Wildman–Crippen MR) is 76.1 cm³/mol. The Labute approximate surface area is 118 Å². The third-order valence-corrected chi connectivity index (χ3v) is 3.55. The fraction of sp³-hybridized carbons (Fsp3) is 0.533. The fourth-order valence-corrected chi connectivity index (χ4v) is 2.58. The van der Waals surface area contributed by atoms with Crippen molar-refractivity contribution in [2.45, 2.75) is 45.3 Å². The lowest BCUT2D eigenvalue weighted by Crippen LogP contribution is -2.46. The van der Waals surface area contributed by atoms with Crippen LogP contribution in [-0.2, 0) is 4.74 Å². The van der Waals surface area contributed by atoms with E-state index in [1.807, 2.05) is 13.8 Å². The molecule has 1 aliphatic heterocycles. The van der Waals surface area contributed by atoms with Gasteiger partial charge in [-0.05, 0) is 51.3 Å². The summed E-state index contributed by atoms with van der Waals surface area (Å²) < 4.78 is 19.6. The quantitative estimate of drug-likeness (QED) is 0.818. The normalized spacial score (nSPS) is 21.5. The molecule has 1 amide bonds. The summed E-state index contributed by atoms with van der Waals surface area (Å²) >= 11 is 0. The van der Waals surface area contributed by atoms with Crippen molar-refractivity contribution in [3.63, 3.8) is 0 Å². The smallest absolute Gasteiger partial charge is 0.254 e. The van der Waals surface area contributed by atoms with Crippen molar-refractivity contribution in [2.75, 3.05) is 12.3 Å². The van der Waals surface area contributed by atoms with Crippen LogP contribution in [0.2, 0.25) is 0 Å². The van der Waals surface area contributed by atoms with Gasteiger partial charge in [0.15, 0.2) is 0 Å². The lowest BCUT2D eigenvalue weighted by atomic mass is 9.93. The molecule has 1 aromatic carbocycles. The summed E-state index contributed by atoms with van der Waals surface area (Å²) in [6.07, 6.45) is 1.44. The first-order valence-corrected chi connectivity index (χ1v) is 6.79. The number of ether oxygens (including phenoxy) is 1. The van der Waals surface area contributed by atoms with Gasteiger partial charge < -0.3 is 15.8 Å². The monoisotopic (exact) mass is 280 g/mol. The Morgan fingerprint density at radius 1 is 1.50 bits per heavy atom. The van der Waals surface area contributed by atoms with Crippen molar-refractivity contribution in [3.8, 4) is 0 Å². The van der Waals surface area contributed by atoms with Gasteiger partial charge in [0, 0.05) is 18.3 Å². The average molecular weight is 280 g/mol. The molecule has 0 spiro atoms. The van der Waals surface area contributed by atoms with Gasteiger partial charge in [-0.3, -0.25) is 4.79 Å². The molecular formula is C15H21FN2O2. The fourth-order valence-electron chi connectivity index (χ4n) is 2.58. The van der Waals surface area contributed by atoms with Gasteiger partial charge in [-0.25, -0.2) is 4.39 Å². The van der Waals surface area contributed by atoms with Gasteiger partial charge in [0.1, 0.15) is 5.82 Å². The maximum atomic E-state index is 14.0. The molecule has 2 rings (SSSR count). The molecule has 0 radical (unpaired) electrons. The Morgan fingerprint density at radius 3 is 2.85 bits per heavy atom. The number of amides is 1. The zero-order valence-electron chi connectivity index (χ0n) is 12.1. The van der Waals surface area contributed by atoms with E-state index >= 15 is 0 Å². The molecule has 1 unspecified atom stereocenters. The summed E-state index contributed by atoms with van der Waals surface area (Å²) in [6.45, 7) is 6.16. The van der Waals surface area contributed by atoms with Crippen LogP contribution < -0.4 is 11.1 Å². The van der Waals surface area contributed by atoms with Crippen LogP contribution in [0.3, 0.4) is 0 Å². The number of rotatable bonds is 2. The first kappa shape index (κ1) is 14.8. The summed E-state index contributed by atoms with van der Waals surface area (Å²) in [7, 11) is 0. The van der Waals surface area contributed by atoms with E-state index in [1.165, 1.54) is 12.1 Å². The minimum Gasteiger partial charge on any atom is -0.399 e. The van der Waals surface area contributed by atoms with E-state index < -0.39 is 11.7 Å². The number of nitrogens with one attached hydrogen (secondary N) is 1. The van der Waals surface area contributed by atoms with Crippen molar-refractivity contribution in [3.05, 3.63) is 29.1 Å². The van der Waals surface area contributed by atoms with Crippen molar-refractivity contribution in [1.82, 2.24) is 5.32 Å². The van der Waals surface area contributed by atoms with E-state index in [0.717, 1.165) is 6.42 Å². The third-order valence-electron chi connectivity index (χ3n) is 3.55. The summed E-state index contributed by atoms with van der Waals surface area (Å²) in [5, 5.41) is 2.87. The molecule has 5 heteroatoms. The molecule has 0 aromatic heterocycles. The number of nitrogens with two attached hydrogens (primary N) is 1. The van der Waals surface area contributed by atoms with E-state index in [2.05, 4.69) is 5.32 Å². The number of carbonyl (C=O) groups excluding carboxylic acids is 1. The van der Waals surface area contributed by atoms with E-state index in [1.54, 1.807) is 6.92 Å². The topological polar surface area (TPSA) is 64.4 Å². The van der Waals surface area contributed by atoms with Gasteiger partial charge >= 0.3 is 0 Å². The van der Waals surface area contributed by atoms with E-state index in [0.29, 0.717) is 24.3 Å². The molecular weight excluding hydrogens is 259 g/mol. The van der Waals surface area contributed by atoms with E-state index in [9.17, 15) is 9.18 Å². The first-order valence-electron chi connectivity index (χ1n) is 6.79. The molecule has 0 bridgehead atoms. The Kier molecular flexibility index (Phi) is 3.99. The molecule has 20 heavy (non-hydrogen) atoms. The molecule has 4 nitrogen and oxygen atoms in total. The van der Waals surface area contributed by atoms with Crippen molar-refractivity contribution >= 4 is 11.6 Å². The number of hydrogen-bond acceptors (Lipinski definition) is 3. The highest BCUT2D eigenvalue weighted by molar-refractivity contribution is 5.95. The number of benzene rings is 1. The number of hydrogen-bond donors (Lipinski definition) is 2. The highest BCUT2D eigenvalue weighted by Gasteiger charge is 2.30. The Hall–Kier alpha value is -1.62. The van der Waals surface area contributed by atoms with Crippen LogP contribution in [0.5, 0.6) is 0 Å². The van der Waals surface area contributed by atoms with Crippen LogP contribution >= 0.6 is 0 Å². The highest BCUT2D eigenvalue weighted by atomic mass is 19.1. The Balaban J connectivity index is 2.13. The van der Waals surface area contributed by atoms with Gasteiger partial charge in [-0.2, -0.15) is 0 Å². The standard InChI is InChI=1S/C15H21FN2O2/c1-9-6-10(17)7-12(13(9)16)14(19)18-11-4-5-20-15(2,3)8-11/h6-7,11H,4-5,8,17H2,1-3H3,(H,18,19). The zero-order chi connectivity index (χ0) is 14.9. The van der Waals surface area contributed by atoms with Crippen molar-refractivity contribution in [1.29, 1.82) is 0 Å². The molecule has 0 aliphatic carbocycles. The minimum absolute atomic E-state index is 0.00629. The molecule has 3 N–H and O–H groups in total. The largest absolute Gasteiger partial charge is 0.399 e. The summed E-state index contributed by atoms with van der Waals surface area (Å²) in [4.78, 5) is 12.2. The van der Waals surface area contributed by atoms with Gasteiger partial charge in [0.05, 0.1) is 11.2 Å². The van der Waals surface area contributed by atoms with Gasteiger partial charge in [0.2, 0.25) is 0 Å². The highest BCUT2D eigenvalue weighted by Crippen LogP contribution is 2.24. The second-order valence-corrected chi connectivity index (χ2v) is 5.97. The average Bonchev–Trinajstić information content (AvgIpc) is 2.32. The maximum Gasteiger partial charge on any atom is 0.254 e. The molecule has 1 saturated heterocycles. The predicted octanol–water partition coefficient (Wildman–Crippen LogP) is 2.40. The number of halogens is 1. The SMILES string of the molecule is Cc1cc(N)cc(C(=O)NC2CCOC(C)(C)C2)c1F. The van der Waals surface area contributed by atoms with Gasteiger partial charge in [-0.1, -0.05) is 0 Å². The Bertz CT molecular complexity index is 529. The molecule has 1 heterocycles. The molecule has 1 aliphatic rings. The van der Waals surface area contributed by atoms with Crippen molar-refractivity contribution < 1.29 is 13.9 Å². The number of carbonyl (C=O) groups is 1. The third kappa shape index (κ3) is 3.28. The molecule has 110 valence electrons. The number of nitrogen functional groups attached to an aromatic ring is 1. The molecule has 1 aromatic rings. The number of aryl methyl sites for hydroxylation is 1. The first-order chi connectivity index (χ1) is 9.28. The van der Waals surface area contributed by atoms with Crippen LogP contribution in [0.25, 0.3) is 0 Å². The van der Waals surface area contributed by atoms with Crippen LogP contribution in [-0.4, -0.2) is 24.2 Å². The summed E-state index contributed by atoms with van der Waals surface area (Å²) in [5.74, 6) is -0.927. The summed E-state index contributed by atoms with van der Waals surface area (Å²) in [5.41, 5.74) is 6.19. The lowest BCUT2D eigenvalue weighted by Gasteiger charge is -2.35. The Morgan fingerprint density at radius 2 is 2.20 bits per heavy atom. The van der Waals surface area contributed by atoms with Crippen LogP contribution in [0.1, 0.15) is 42.6 Å². The van der Waals surface area contributed by atoms with Crippen molar-refractivity contribution in [2.24, 2.45) is 0 Å². The second-order valence-electron chi connectivity index (χ2n) is 5.97. The van der Waals surface area contributed by atoms with Crippen LogP contribution in [0.15, 0.2) is 12.1 Å². The zero-order valence-corrected chi connectivity index (χ0v) is 12.1. The van der Waals surface area contributed by atoms with Gasteiger partial charge in [0.25, 0.3) is 5.91 Å². The second kappa shape index (κ2) is 5.40. The van der Waals surface area contributed by atoms with E-state index in [-0.39, 0.29) is 17.2 Å². The van der Waals surface area contributed by atoms with Crippen LogP contribution in [0, 0.1) is 12.7 Å². The summed E-state index contributed by atoms with van der Waals surface area (Å²) in [6, 6.07) is 2.89. The number of anilines is 1. The molecule has 1 fully saturated rings.